The van der Waals surface area contributed by atoms with Crippen LogP contribution in [-0.2, 0) is 16.0 Å². The first-order chi connectivity index (χ1) is 14.1. The summed E-state index contributed by atoms with van der Waals surface area (Å²) in [5.41, 5.74) is 1.84. The van der Waals surface area contributed by atoms with Gasteiger partial charge in [0.2, 0.25) is 11.8 Å². The fourth-order valence-electron chi connectivity index (χ4n) is 4.36. The van der Waals surface area contributed by atoms with E-state index in [4.69, 9.17) is 0 Å². The van der Waals surface area contributed by atoms with E-state index in [9.17, 15) is 9.59 Å². The average Bonchev–Trinajstić information content (AvgIpc) is 3.37. The van der Waals surface area contributed by atoms with E-state index in [1.54, 1.807) is 11.3 Å². The highest BCUT2D eigenvalue weighted by Gasteiger charge is 2.44. The second-order valence-electron chi connectivity index (χ2n) is 8.55. The van der Waals surface area contributed by atoms with Crippen LogP contribution in [0.1, 0.15) is 51.0 Å². The zero-order chi connectivity index (χ0) is 20.3. The lowest BCUT2D eigenvalue weighted by Crippen LogP contribution is -2.54. The van der Waals surface area contributed by atoms with Crippen molar-refractivity contribution < 1.29 is 9.59 Å². The molecule has 1 aromatic carbocycles. The molecule has 154 valence electrons. The van der Waals surface area contributed by atoms with E-state index in [-0.39, 0.29) is 11.8 Å². The third-order valence-corrected chi connectivity index (χ3v) is 6.98. The summed E-state index contributed by atoms with van der Waals surface area (Å²) in [5, 5.41) is 5.33. The first-order valence-corrected chi connectivity index (χ1v) is 11.7. The number of benzene rings is 1. The van der Waals surface area contributed by atoms with Crippen molar-refractivity contribution in [2.45, 2.75) is 57.9 Å². The van der Waals surface area contributed by atoms with E-state index in [1.165, 1.54) is 16.0 Å². The first kappa shape index (κ1) is 20.1. The molecule has 1 N–H and O–H groups in total. The molecular weight excluding hydrogens is 380 g/mol. The fraction of sp³-hybridized carbons (Fsp3) is 0.500. The van der Waals surface area contributed by atoms with Gasteiger partial charge in [-0.3, -0.25) is 9.59 Å². The Bertz CT molecular complexity index is 860. The lowest BCUT2D eigenvalue weighted by molar-refractivity contribution is -0.141. The highest BCUT2D eigenvalue weighted by molar-refractivity contribution is 7.13. The van der Waals surface area contributed by atoms with Crippen LogP contribution < -0.4 is 5.32 Å². The molecule has 2 fully saturated rings. The van der Waals surface area contributed by atoms with E-state index in [2.05, 4.69) is 47.1 Å². The lowest BCUT2D eigenvalue weighted by atomic mass is 9.74. The first-order valence-electron chi connectivity index (χ1n) is 10.8. The molecule has 1 aliphatic carbocycles. The fourth-order valence-corrected chi connectivity index (χ4v) is 5.08. The minimum absolute atomic E-state index is 0.135. The third kappa shape index (κ3) is 4.72. The van der Waals surface area contributed by atoms with Gasteiger partial charge in [0.1, 0.15) is 0 Å². The summed E-state index contributed by atoms with van der Waals surface area (Å²) < 4.78 is 0. The van der Waals surface area contributed by atoms with Crippen LogP contribution in [0.15, 0.2) is 41.8 Å². The highest BCUT2D eigenvalue weighted by Crippen LogP contribution is 2.37. The molecule has 2 aromatic rings. The van der Waals surface area contributed by atoms with Crippen LogP contribution in [-0.4, -0.2) is 35.8 Å². The molecule has 1 saturated carbocycles. The van der Waals surface area contributed by atoms with E-state index >= 15 is 0 Å². The minimum atomic E-state index is -0.529. The van der Waals surface area contributed by atoms with Crippen LogP contribution in [0.2, 0.25) is 0 Å². The molecule has 1 aliphatic heterocycles. The summed E-state index contributed by atoms with van der Waals surface area (Å²) in [6, 6.07) is 13.1. The molecule has 0 radical (unpaired) electrons. The summed E-state index contributed by atoms with van der Waals surface area (Å²) in [7, 11) is 0. The minimum Gasteiger partial charge on any atom is -0.353 e. The number of thiophene rings is 1. The maximum atomic E-state index is 13.4. The third-order valence-electron chi connectivity index (χ3n) is 6.06. The van der Waals surface area contributed by atoms with Crippen LogP contribution in [0.4, 0.5) is 0 Å². The number of rotatable bonds is 7. The molecule has 4 nitrogen and oxygen atoms in total. The van der Waals surface area contributed by atoms with Crippen molar-refractivity contribution in [1.29, 1.82) is 0 Å². The number of nitrogens with one attached hydrogen (secondary N) is 1. The van der Waals surface area contributed by atoms with Gasteiger partial charge in [-0.25, -0.2) is 0 Å². The van der Waals surface area contributed by atoms with Crippen molar-refractivity contribution in [1.82, 2.24) is 10.2 Å². The van der Waals surface area contributed by atoms with E-state index < -0.39 is 5.41 Å². The van der Waals surface area contributed by atoms with Crippen molar-refractivity contribution in [3.8, 4) is 10.4 Å². The second kappa shape index (κ2) is 8.70. The standard InChI is InChI=1S/C24H30N2O2S/c1-2-6-22(27)26-13-5-12-24(17-26,23(28)25-20-10-11-20)16-18-7-3-8-19(15-18)21-9-4-14-29-21/h3-4,7-9,14-15,20H,2,5-6,10-13,16-17H2,1H3,(H,25,28)/t24-/m1/s1. The van der Waals surface area contributed by atoms with Crippen LogP contribution in [0, 0.1) is 5.41 Å². The molecule has 4 rings (SSSR count). The van der Waals surface area contributed by atoms with Crippen molar-refractivity contribution in [3.63, 3.8) is 0 Å². The Morgan fingerprint density at radius 3 is 2.83 bits per heavy atom. The van der Waals surface area contributed by atoms with E-state index in [1.807, 2.05) is 11.8 Å². The van der Waals surface area contributed by atoms with Gasteiger partial charge in [-0.2, -0.15) is 0 Å². The highest BCUT2D eigenvalue weighted by atomic mass is 32.1. The maximum absolute atomic E-state index is 13.4. The van der Waals surface area contributed by atoms with Gasteiger partial charge in [-0.1, -0.05) is 37.3 Å². The van der Waals surface area contributed by atoms with Gasteiger partial charge < -0.3 is 10.2 Å². The maximum Gasteiger partial charge on any atom is 0.228 e. The number of piperidine rings is 1. The van der Waals surface area contributed by atoms with Crippen LogP contribution >= 0.6 is 11.3 Å². The van der Waals surface area contributed by atoms with Crippen molar-refractivity contribution in [2.75, 3.05) is 13.1 Å². The zero-order valence-electron chi connectivity index (χ0n) is 17.2. The van der Waals surface area contributed by atoms with Gasteiger partial charge in [-0.05, 0) is 61.1 Å². The van der Waals surface area contributed by atoms with E-state index in [0.29, 0.717) is 25.4 Å². The van der Waals surface area contributed by atoms with Crippen molar-refractivity contribution >= 4 is 23.2 Å². The van der Waals surface area contributed by atoms with Gasteiger partial charge in [0, 0.05) is 30.4 Å². The topological polar surface area (TPSA) is 49.4 Å². The molecular formula is C24H30N2O2S. The Hall–Kier alpha value is -2.14. The number of hydrogen-bond acceptors (Lipinski definition) is 3. The van der Waals surface area contributed by atoms with Crippen LogP contribution in [0.5, 0.6) is 0 Å². The zero-order valence-corrected chi connectivity index (χ0v) is 18.0. The Morgan fingerprint density at radius 1 is 1.24 bits per heavy atom. The molecule has 0 unspecified atom stereocenters. The molecule has 29 heavy (non-hydrogen) atoms. The Morgan fingerprint density at radius 2 is 2.10 bits per heavy atom. The number of carbonyl (C=O) groups excluding carboxylic acids is 2. The predicted octanol–water partition coefficient (Wildman–Crippen LogP) is 4.65. The smallest absolute Gasteiger partial charge is 0.228 e. The van der Waals surface area contributed by atoms with Crippen LogP contribution in [0.3, 0.4) is 0 Å². The largest absolute Gasteiger partial charge is 0.353 e. The summed E-state index contributed by atoms with van der Waals surface area (Å²) in [5.74, 6) is 0.318. The molecule has 1 aromatic heterocycles. The SMILES string of the molecule is CCCC(=O)N1CCC[C@](Cc2cccc(-c3cccs3)c2)(C(=O)NC2CC2)C1. The Labute approximate surface area is 177 Å². The van der Waals surface area contributed by atoms with Gasteiger partial charge in [0.05, 0.1) is 5.41 Å². The number of amides is 2. The number of nitrogens with zero attached hydrogens (tertiary/aromatic N) is 1. The van der Waals surface area contributed by atoms with Gasteiger partial charge in [0.15, 0.2) is 0 Å². The number of hydrogen-bond donors (Lipinski definition) is 1. The molecule has 2 amide bonds. The lowest BCUT2D eigenvalue weighted by Gasteiger charge is -2.42. The predicted molar refractivity (Wildman–Crippen MR) is 118 cm³/mol. The summed E-state index contributed by atoms with van der Waals surface area (Å²) in [6.07, 6.45) is 5.97. The molecule has 0 spiro atoms. The average molecular weight is 411 g/mol. The van der Waals surface area contributed by atoms with E-state index in [0.717, 1.165) is 38.6 Å². The molecule has 2 heterocycles. The second-order valence-corrected chi connectivity index (χ2v) is 9.50. The molecule has 1 atom stereocenters. The number of carbonyl (C=O) groups is 2. The van der Waals surface area contributed by atoms with Crippen molar-refractivity contribution in [2.24, 2.45) is 5.41 Å². The molecule has 1 saturated heterocycles. The molecule has 2 aliphatic rings. The number of likely N-dealkylation sites (tertiary alicyclic amines) is 1. The summed E-state index contributed by atoms with van der Waals surface area (Å²) in [6.45, 7) is 3.34. The normalized spacial score (nSPS) is 21.8. The van der Waals surface area contributed by atoms with Gasteiger partial charge in [-0.15, -0.1) is 11.3 Å². The van der Waals surface area contributed by atoms with Gasteiger partial charge >= 0.3 is 0 Å². The molecule has 5 heteroatoms. The molecule has 0 bridgehead atoms. The Kier molecular flexibility index (Phi) is 6.04. The Balaban J connectivity index is 1.59. The van der Waals surface area contributed by atoms with Gasteiger partial charge in [0.25, 0.3) is 0 Å². The summed E-state index contributed by atoms with van der Waals surface area (Å²) >= 11 is 1.73. The monoisotopic (exact) mass is 410 g/mol. The quantitative estimate of drug-likeness (QED) is 0.723. The van der Waals surface area contributed by atoms with Crippen LogP contribution in [0.25, 0.3) is 10.4 Å². The van der Waals surface area contributed by atoms with Crippen molar-refractivity contribution in [3.05, 3.63) is 47.3 Å². The summed E-state index contributed by atoms with van der Waals surface area (Å²) in [4.78, 5) is 29.1.